The highest BCUT2D eigenvalue weighted by Gasteiger charge is 2.16. The molecule has 3 heterocycles. The fourth-order valence-electron chi connectivity index (χ4n) is 3.68. The van der Waals surface area contributed by atoms with Gasteiger partial charge in [0.1, 0.15) is 0 Å². The number of aromatic amines is 1. The molecule has 2 aromatic heterocycles. The molecule has 0 spiro atoms. The third kappa shape index (κ3) is 4.76. The van der Waals surface area contributed by atoms with E-state index in [4.69, 9.17) is 4.74 Å². The first kappa shape index (κ1) is 21.5. The van der Waals surface area contributed by atoms with E-state index in [1.165, 1.54) is 0 Å². The van der Waals surface area contributed by atoms with Gasteiger partial charge in [-0.3, -0.25) is 19.9 Å². The van der Waals surface area contributed by atoms with Crippen LogP contribution in [0, 0.1) is 6.92 Å². The Labute approximate surface area is 186 Å². The van der Waals surface area contributed by atoms with Gasteiger partial charge in [-0.1, -0.05) is 6.07 Å². The fraction of sp³-hybridized carbons (Fsp3) is 0.250. The van der Waals surface area contributed by atoms with Crippen molar-refractivity contribution in [2.24, 2.45) is 4.99 Å². The highest BCUT2D eigenvalue weighted by molar-refractivity contribution is 6.11. The summed E-state index contributed by atoms with van der Waals surface area (Å²) in [6.07, 6.45) is 7.20. The van der Waals surface area contributed by atoms with E-state index >= 15 is 0 Å². The van der Waals surface area contributed by atoms with Gasteiger partial charge in [-0.05, 0) is 61.5 Å². The molecule has 8 heteroatoms. The minimum Gasteiger partial charge on any atom is -0.378 e. The van der Waals surface area contributed by atoms with Crippen LogP contribution in [0.15, 0.2) is 59.6 Å². The molecule has 1 fully saturated rings. The van der Waals surface area contributed by atoms with Gasteiger partial charge in [0.05, 0.1) is 36.3 Å². The van der Waals surface area contributed by atoms with Gasteiger partial charge in [-0.15, -0.1) is 0 Å². The van der Waals surface area contributed by atoms with Crippen molar-refractivity contribution >= 4 is 34.8 Å². The Bertz CT molecular complexity index is 1200. The van der Waals surface area contributed by atoms with Gasteiger partial charge >= 0.3 is 0 Å². The van der Waals surface area contributed by atoms with Crippen molar-refractivity contribution in [2.45, 2.75) is 13.8 Å². The molecule has 0 bridgehead atoms. The molecule has 164 valence electrons. The number of carbonyl (C=O) groups is 1. The first-order chi connectivity index (χ1) is 15.5. The number of pyridine rings is 1. The molecular weight excluding hydrogens is 404 g/mol. The minimum atomic E-state index is -0.285. The number of carbonyl (C=O) groups excluding carboxylic acids is 1. The van der Waals surface area contributed by atoms with E-state index in [9.17, 15) is 4.79 Å². The number of ether oxygens (including phenoxy) is 1. The summed E-state index contributed by atoms with van der Waals surface area (Å²) in [4.78, 5) is 23.2. The van der Waals surface area contributed by atoms with E-state index in [-0.39, 0.29) is 5.91 Å². The van der Waals surface area contributed by atoms with E-state index in [0.717, 1.165) is 46.4 Å². The number of anilines is 1. The SMILES string of the molecule is C=N/C=C(\C=C(/C)c1ccc2[nH]nc(C(=O)Nc3cncc(C)c3)c2c1)N1CCOCC1. The van der Waals surface area contributed by atoms with Crippen LogP contribution in [0.1, 0.15) is 28.5 Å². The lowest BCUT2D eigenvalue weighted by atomic mass is 10.0. The smallest absolute Gasteiger partial charge is 0.276 e. The summed E-state index contributed by atoms with van der Waals surface area (Å²) in [7, 11) is 0. The summed E-state index contributed by atoms with van der Waals surface area (Å²) in [5, 5.41) is 10.8. The van der Waals surface area contributed by atoms with Gasteiger partial charge < -0.3 is 15.0 Å². The highest BCUT2D eigenvalue weighted by atomic mass is 16.5. The first-order valence-corrected chi connectivity index (χ1v) is 10.4. The molecule has 2 N–H and O–H groups in total. The largest absolute Gasteiger partial charge is 0.378 e. The molecule has 0 aliphatic carbocycles. The zero-order valence-electron chi connectivity index (χ0n) is 18.3. The summed E-state index contributed by atoms with van der Waals surface area (Å²) in [5.74, 6) is -0.285. The topological polar surface area (TPSA) is 95.5 Å². The maximum absolute atomic E-state index is 12.9. The van der Waals surface area contributed by atoms with Crippen LogP contribution in [0.5, 0.6) is 0 Å². The van der Waals surface area contributed by atoms with Crippen LogP contribution >= 0.6 is 0 Å². The maximum atomic E-state index is 12.9. The van der Waals surface area contributed by atoms with Gasteiger partial charge in [-0.2, -0.15) is 5.10 Å². The Morgan fingerprint density at radius 2 is 2.09 bits per heavy atom. The number of aliphatic imine (C=N–C) groups is 1. The van der Waals surface area contributed by atoms with Gasteiger partial charge in [0.25, 0.3) is 5.91 Å². The quantitative estimate of drug-likeness (QED) is 0.458. The summed E-state index contributed by atoms with van der Waals surface area (Å²) < 4.78 is 5.45. The molecule has 32 heavy (non-hydrogen) atoms. The lowest BCUT2D eigenvalue weighted by Crippen LogP contribution is -2.35. The number of aromatic nitrogens is 3. The summed E-state index contributed by atoms with van der Waals surface area (Å²) in [6, 6.07) is 7.79. The number of amides is 1. The highest BCUT2D eigenvalue weighted by Crippen LogP contribution is 2.25. The van der Waals surface area contributed by atoms with Gasteiger partial charge in [0, 0.05) is 30.9 Å². The van der Waals surface area contributed by atoms with Crippen LogP contribution in [0.3, 0.4) is 0 Å². The predicted molar refractivity (Wildman–Crippen MR) is 127 cm³/mol. The van der Waals surface area contributed by atoms with Gasteiger partial charge in [0.2, 0.25) is 0 Å². The molecule has 4 rings (SSSR count). The van der Waals surface area contributed by atoms with Gasteiger partial charge in [0.15, 0.2) is 5.69 Å². The monoisotopic (exact) mass is 430 g/mol. The van der Waals surface area contributed by atoms with Crippen molar-refractivity contribution in [3.63, 3.8) is 0 Å². The Kier molecular flexibility index (Phi) is 6.42. The molecule has 0 atom stereocenters. The average Bonchev–Trinajstić information content (AvgIpc) is 3.23. The number of hydrogen-bond donors (Lipinski definition) is 2. The molecule has 1 saturated heterocycles. The van der Waals surface area contributed by atoms with Crippen molar-refractivity contribution in [3.05, 3.63) is 71.5 Å². The Morgan fingerprint density at radius 1 is 1.28 bits per heavy atom. The molecule has 0 radical (unpaired) electrons. The van der Waals surface area contributed by atoms with Crippen LogP contribution in [-0.2, 0) is 4.74 Å². The van der Waals surface area contributed by atoms with E-state index in [0.29, 0.717) is 24.6 Å². The molecule has 8 nitrogen and oxygen atoms in total. The number of aryl methyl sites for hydroxylation is 1. The standard InChI is InChI=1S/C24H26N6O2/c1-16-10-19(14-26-13-16)27-24(31)23-21-12-18(4-5-22(21)28-29-23)17(2)11-20(15-25-3)30-6-8-32-9-7-30/h4-5,10-15H,3,6-9H2,1-2H3,(H,27,31)(H,28,29)/b17-11+,20-15+. The Balaban J connectivity index is 1.62. The maximum Gasteiger partial charge on any atom is 0.276 e. The van der Waals surface area contributed by atoms with Crippen molar-refractivity contribution in [3.8, 4) is 0 Å². The normalized spacial score (nSPS) is 15.1. The number of H-pyrrole nitrogens is 1. The second-order valence-corrected chi connectivity index (χ2v) is 7.70. The molecular formula is C24H26N6O2. The summed E-state index contributed by atoms with van der Waals surface area (Å²) in [5.41, 5.74) is 5.76. The van der Waals surface area contributed by atoms with E-state index in [1.54, 1.807) is 18.6 Å². The van der Waals surface area contributed by atoms with Crippen LogP contribution in [0.2, 0.25) is 0 Å². The second kappa shape index (κ2) is 9.57. The van der Waals surface area contributed by atoms with Crippen LogP contribution in [-0.4, -0.2) is 59.0 Å². The van der Waals surface area contributed by atoms with Crippen LogP contribution in [0.25, 0.3) is 16.5 Å². The van der Waals surface area contributed by atoms with Gasteiger partial charge in [-0.25, -0.2) is 0 Å². The van der Waals surface area contributed by atoms with Crippen LogP contribution in [0.4, 0.5) is 5.69 Å². The molecule has 0 saturated carbocycles. The molecule has 0 unspecified atom stereocenters. The fourth-order valence-corrected chi connectivity index (χ4v) is 3.68. The molecule has 3 aromatic rings. The second-order valence-electron chi connectivity index (χ2n) is 7.70. The summed E-state index contributed by atoms with van der Waals surface area (Å²) in [6.45, 7) is 10.6. The van der Waals surface area contributed by atoms with Crippen molar-refractivity contribution in [1.29, 1.82) is 0 Å². The lowest BCUT2D eigenvalue weighted by molar-refractivity contribution is 0.0553. The number of hydrogen-bond acceptors (Lipinski definition) is 6. The zero-order valence-corrected chi connectivity index (χ0v) is 18.3. The first-order valence-electron chi connectivity index (χ1n) is 10.4. The molecule has 1 aliphatic heterocycles. The summed E-state index contributed by atoms with van der Waals surface area (Å²) >= 11 is 0. The van der Waals surface area contributed by atoms with Crippen molar-refractivity contribution in [2.75, 3.05) is 31.6 Å². The number of nitrogens with zero attached hydrogens (tertiary/aromatic N) is 4. The predicted octanol–water partition coefficient (Wildman–Crippen LogP) is 3.80. The van der Waals surface area contributed by atoms with Crippen molar-refractivity contribution in [1.82, 2.24) is 20.1 Å². The molecule has 1 amide bonds. The van der Waals surface area contributed by atoms with E-state index in [2.05, 4.69) is 43.2 Å². The van der Waals surface area contributed by atoms with E-state index in [1.807, 2.05) is 38.1 Å². The molecule has 1 aromatic carbocycles. The number of benzene rings is 1. The van der Waals surface area contributed by atoms with Crippen LogP contribution < -0.4 is 5.32 Å². The minimum absolute atomic E-state index is 0.285. The third-order valence-electron chi connectivity index (χ3n) is 5.33. The van der Waals surface area contributed by atoms with Crippen molar-refractivity contribution < 1.29 is 9.53 Å². The number of allylic oxidation sites excluding steroid dienone is 2. The van der Waals surface area contributed by atoms with E-state index < -0.39 is 0 Å². The number of morpholine rings is 1. The molecule has 1 aliphatic rings. The number of nitrogens with one attached hydrogen (secondary N) is 2. The zero-order chi connectivity index (χ0) is 22.5. The number of fused-ring (bicyclic) bond motifs is 1. The Hall–Kier alpha value is -3.78. The lowest BCUT2D eigenvalue weighted by Gasteiger charge is -2.29. The third-order valence-corrected chi connectivity index (χ3v) is 5.33. The average molecular weight is 431 g/mol. The Morgan fingerprint density at radius 3 is 2.84 bits per heavy atom. The number of rotatable bonds is 6.